The van der Waals surface area contributed by atoms with Crippen LogP contribution in [0, 0.1) is 12.8 Å². The Morgan fingerprint density at radius 2 is 2.33 bits per heavy atom. The van der Waals surface area contributed by atoms with Crippen molar-refractivity contribution in [1.82, 2.24) is 0 Å². The molecule has 1 atom stereocenters. The maximum absolute atomic E-state index is 9.96. The molecule has 9 heavy (non-hydrogen) atoms. The molecule has 0 aromatic carbocycles. The SMILES string of the molecule is [CH2]C(C)CCCC(=O)O. The molecule has 0 saturated heterocycles. The van der Waals surface area contributed by atoms with E-state index < -0.39 is 5.97 Å². The smallest absolute Gasteiger partial charge is 0.303 e. The second-order valence-electron chi connectivity index (χ2n) is 2.39. The fraction of sp³-hybridized carbons (Fsp3) is 0.714. The Morgan fingerprint density at radius 3 is 2.67 bits per heavy atom. The first-order chi connectivity index (χ1) is 4.13. The molecule has 0 aliphatic rings. The molecule has 0 aromatic rings. The number of carboxylic acid groups (broad SMARTS) is 1. The van der Waals surface area contributed by atoms with Crippen LogP contribution < -0.4 is 0 Å². The lowest BCUT2D eigenvalue weighted by Gasteiger charge is -1.99. The third-order valence-corrected chi connectivity index (χ3v) is 1.09. The van der Waals surface area contributed by atoms with E-state index in [1.807, 2.05) is 6.92 Å². The van der Waals surface area contributed by atoms with Gasteiger partial charge in [0.1, 0.15) is 0 Å². The van der Waals surface area contributed by atoms with Crippen LogP contribution in [0.3, 0.4) is 0 Å². The Labute approximate surface area is 55.9 Å². The van der Waals surface area contributed by atoms with Crippen LogP contribution in [-0.2, 0) is 4.79 Å². The molecule has 1 unspecified atom stereocenters. The van der Waals surface area contributed by atoms with Gasteiger partial charge in [0.25, 0.3) is 0 Å². The third-order valence-electron chi connectivity index (χ3n) is 1.09. The number of hydrogen-bond donors (Lipinski definition) is 1. The lowest BCUT2D eigenvalue weighted by molar-refractivity contribution is -0.137. The minimum absolute atomic E-state index is 0.278. The summed E-state index contributed by atoms with van der Waals surface area (Å²) in [4.78, 5) is 9.96. The fourth-order valence-electron chi connectivity index (χ4n) is 0.602. The summed E-state index contributed by atoms with van der Waals surface area (Å²) in [5.41, 5.74) is 0. The fourth-order valence-corrected chi connectivity index (χ4v) is 0.602. The van der Waals surface area contributed by atoms with E-state index in [2.05, 4.69) is 6.92 Å². The molecule has 0 saturated carbocycles. The van der Waals surface area contributed by atoms with Crippen molar-refractivity contribution < 1.29 is 9.90 Å². The van der Waals surface area contributed by atoms with E-state index in [1.165, 1.54) is 0 Å². The van der Waals surface area contributed by atoms with Gasteiger partial charge in [0.15, 0.2) is 0 Å². The van der Waals surface area contributed by atoms with E-state index in [9.17, 15) is 4.79 Å². The van der Waals surface area contributed by atoms with Crippen LogP contribution in [-0.4, -0.2) is 11.1 Å². The second kappa shape index (κ2) is 4.36. The van der Waals surface area contributed by atoms with Crippen molar-refractivity contribution in [3.05, 3.63) is 6.92 Å². The zero-order chi connectivity index (χ0) is 7.28. The Balaban J connectivity index is 3.01. The Morgan fingerprint density at radius 1 is 1.78 bits per heavy atom. The maximum atomic E-state index is 9.96. The molecule has 1 N–H and O–H groups in total. The van der Waals surface area contributed by atoms with Crippen molar-refractivity contribution in [2.24, 2.45) is 5.92 Å². The van der Waals surface area contributed by atoms with Gasteiger partial charge >= 0.3 is 5.97 Å². The van der Waals surface area contributed by atoms with Gasteiger partial charge in [-0.15, -0.1) is 0 Å². The summed E-state index contributed by atoms with van der Waals surface area (Å²) in [5.74, 6) is -0.333. The quantitative estimate of drug-likeness (QED) is 0.627. The van der Waals surface area contributed by atoms with Gasteiger partial charge in [-0.25, -0.2) is 0 Å². The summed E-state index contributed by atoms with van der Waals surface area (Å²) in [6.07, 6.45) is 1.94. The van der Waals surface area contributed by atoms with Crippen molar-refractivity contribution in [2.75, 3.05) is 0 Å². The summed E-state index contributed by atoms with van der Waals surface area (Å²) in [7, 11) is 0. The largest absolute Gasteiger partial charge is 0.481 e. The van der Waals surface area contributed by atoms with Crippen LogP contribution in [0.1, 0.15) is 26.2 Å². The van der Waals surface area contributed by atoms with Crippen molar-refractivity contribution in [3.8, 4) is 0 Å². The van der Waals surface area contributed by atoms with Gasteiger partial charge in [0, 0.05) is 6.42 Å². The van der Waals surface area contributed by atoms with Crippen LogP contribution in [0.5, 0.6) is 0 Å². The lowest BCUT2D eigenvalue weighted by Crippen LogP contribution is -1.95. The van der Waals surface area contributed by atoms with Gasteiger partial charge in [-0.3, -0.25) is 4.79 Å². The van der Waals surface area contributed by atoms with Gasteiger partial charge in [-0.05, 0) is 12.3 Å². The second-order valence-corrected chi connectivity index (χ2v) is 2.39. The Hall–Kier alpha value is -0.530. The van der Waals surface area contributed by atoms with E-state index in [4.69, 9.17) is 5.11 Å². The third kappa shape index (κ3) is 7.47. The molecule has 53 valence electrons. The summed E-state index contributed by atoms with van der Waals surface area (Å²) in [6, 6.07) is 0. The summed E-state index contributed by atoms with van der Waals surface area (Å²) in [5, 5.41) is 8.21. The lowest BCUT2D eigenvalue weighted by atomic mass is 10.1. The van der Waals surface area contributed by atoms with E-state index in [0.29, 0.717) is 5.92 Å². The molecule has 2 nitrogen and oxygen atoms in total. The van der Waals surface area contributed by atoms with Gasteiger partial charge in [0.05, 0.1) is 0 Å². The Kier molecular flexibility index (Phi) is 4.10. The highest BCUT2D eigenvalue weighted by Crippen LogP contribution is 2.04. The highest BCUT2D eigenvalue weighted by atomic mass is 16.4. The topological polar surface area (TPSA) is 37.3 Å². The van der Waals surface area contributed by atoms with Crippen molar-refractivity contribution in [2.45, 2.75) is 26.2 Å². The monoisotopic (exact) mass is 129 g/mol. The van der Waals surface area contributed by atoms with Crippen LogP contribution in [0.25, 0.3) is 0 Å². The van der Waals surface area contributed by atoms with E-state index in [-0.39, 0.29) is 6.42 Å². The predicted molar refractivity (Wildman–Crippen MR) is 36.0 cm³/mol. The minimum Gasteiger partial charge on any atom is -0.481 e. The molecule has 0 heterocycles. The van der Waals surface area contributed by atoms with Crippen molar-refractivity contribution in [3.63, 3.8) is 0 Å². The van der Waals surface area contributed by atoms with Crippen LogP contribution in [0.15, 0.2) is 0 Å². The zero-order valence-electron chi connectivity index (χ0n) is 5.76. The van der Waals surface area contributed by atoms with Crippen LogP contribution in [0.2, 0.25) is 0 Å². The highest BCUT2D eigenvalue weighted by molar-refractivity contribution is 5.66. The molecular formula is C7H13O2. The number of carboxylic acids is 1. The summed E-state index contributed by atoms with van der Waals surface area (Å²) < 4.78 is 0. The zero-order valence-corrected chi connectivity index (χ0v) is 5.76. The molecule has 1 radical (unpaired) electrons. The maximum Gasteiger partial charge on any atom is 0.303 e. The Bertz CT molecular complexity index is 86.9. The van der Waals surface area contributed by atoms with E-state index in [1.54, 1.807) is 0 Å². The molecule has 0 aliphatic carbocycles. The molecule has 0 spiro atoms. The first-order valence-corrected chi connectivity index (χ1v) is 3.18. The average Bonchev–Trinajstić information content (AvgIpc) is 1.63. The first-order valence-electron chi connectivity index (χ1n) is 3.18. The molecule has 0 aliphatic heterocycles. The van der Waals surface area contributed by atoms with Gasteiger partial charge in [0.2, 0.25) is 0 Å². The van der Waals surface area contributed by atoms with E-state index >= 15 is 0 Å². The molecule has 2 heteroatoms. The summed E-state index contributed by atoms with van der Waals surface area (Å²) >= 11 is 0. The number of rotatable bonds is 4. The average molecular weight is 129 g/mol. The molecule has 0 rings (SSSR count). The van der Waals surface area contributed by atoms with Crippen LogP contribution >= 0.6 is 0 Å². The first kappa shape index (κ1) is 8.47. The molecule has 0 amide bonds. The van der Waals surface area contributed by atoms with Crippen molar-refractivity contribution >= 4 is 5.97 Å². The number of carbonyl (C=O) groups is 1. The molecule has 0 fully saturated rings. The van der Waals surface area contributed by atoms with E-state index in [0.717, 1.165) is 12.8 Å². The van der Waals surface area contributed by atoms with Gasteiger partial charge < -0.3 is 5.11 Å². The number of aliphatic carboxylic acids is 1. The van der Waals surface area contributed by atoms with Crippen molar-refractivity contribution in [1.29, 1.82) is 0 Å². The standard InChI is InChI=1S/C7H13O2/c1-6(2)4-3-5-7(8)9/h6H,1,3-5H2,2H3,(H,8,9). The number of hydrogen-bond acceptors (Lipinski definition) is 1. The van der Waals surface area contributed by atoms with Gasteiger partial charge in [-0.2, -0.15) is 0 Å². The molecular weight excluding hydrogens is 116 g/mol. The normalized spacial score (nSPS) is 10.1. The van der Waals surface area contributed by atoms with Gasteiger partial charge in [-0.1, -0.05) is 20.3 Å². The predicted octanol–water partition coefficient (Wildman–Crippen LogP) is 1.71. The molecule has 0 bridgehead atoms. The summed E-state index contributed by atoms with van der Waals surface area (Å²) in [6.45, 7) is 5.73. The van der Waals surface area contributed by atoms with Crippen LogP contribution in [0.4, 0.5) is 0 Å². The highest BCUT2D eigenvalue weighted by Gasteiger charge is 1.97. The molecule has 0 aromatic heterocycles. The minimum atomic E-state index is -0.712.